The molecule has 2 rings (SSSR count). The Bertz CT molecular complexity index is 583. The Balaban J connectivity index is 2.47. The molecule has 0 aliphatic carbocycles. The maximum atomic E-state index is 6.31. The second-order valence-electron chi connectivity index (χ2n) is 5.30. The number of halogens is 1. The van der Waals surface area contributed by atoms with Crippen LogP contribution in [0.4, 0.5) is 5.82 Å². The summed E-state index contributed by atoms with van der Waals surface area (Å²) in [5, 5.41) is 8.10. The predicted octanol–water partition coefficient (Wildman–Crippen LogP) is 2.42. The molecule has 7 heteroatoms. The van der Waals surface area contributed by atoms with E-state index in [1.165, 1.54) is 6.33 Å². The van der Waals surface area contributed by atoms with Gasteiger partial charge in [-0.3, -0.25) is 0 Å². The molecule has 1 unspecified atom stereocenters. The standard InChI is InChI=1S/C13H20ClN5O/c1-8(2)5-10-11(14)18-13-15-7-16-19(13)12(10)17-9(3)6-20-4/h7-9,17H,5-6H2,1-4H3. The SMILES string of the molecule is COCC(C)Nc1c(CC(C)C)c(Cl)nc2ncnn12. The lowest BCUT2D eigenvalue weighted by atomic mass is 10.0. The fourth-order valence-corrected chi connectivity index (χ4v) is 2.35. The van der Waals surface area contributed by atoms with Gasteiger partial charge in [-0.15, -0.1) is 0 Å². The predicted molar refractivity (Wildman–Crippen MR) is 79.3 cm³/mol. The molecule has 2 aromatic heterocycles. The Morgan fingerprint density at radius 3 is 2.80 bits per heavy atom. The highest BCUT2D eigenvalue weighted by atomic mass is 35.5. The monoisotopic (exact) mass is 297 g/mol. The maximum Gasteiger partial charge on any atom is 0.255 e. The number of ether oxygens (including phenoxy) is 1. The van der Waals surface area contributed by atoms with Gasteiger partial charge in [0.25, 0.3) is 5.78 Å². The molecule has 0 saturated carbocycles. The molecular weight excluding hydrogens is 278 g/mol. The van der Waals surface area contributed by atoms with Gasteiger partial charge in [-0.2, -0.15) is 19.6 Å². The summed E-state index contributed by atoms with van der Waals surface area (Å²) in [6.07, 6.45) is 2.30. The summed E-state index contributed by atoms with van der Waals surface area (Å²) in [6, 6.07) is 0.136. The van der Waals surface area contributed by atoms with E-state index < -0.39 is 0 Å². The van der Waals surface area contributed by atoms with Gasteiger partial charge in [0, 0.05) is 18.7 Å². The Hall–Kier alpha value is -1.40. The van der Waals surface area contributed by atoms with E-state index in [1.807, 2.05) is 6.92 Å². The van der Waals surface area contributed by atoms with Gasteiger partial charge in [-0.1, -0.05) is 25.4 Å². The molecule has 0 bridgehead atoms. The molecule has 0 aliphatic rings. The minimum absolute atomic E-state index is 0.136. The van der Waals surface area contributed by atoms with E-state index in [0.29, 0.717) is 23.5 Å². The molecule has 20 heavy (non-hydrogen) atoms. The van der Waals surface area contributed by atoms with E-state index in [-0.39, 0.29) is 6.04 Å². The molecule has 0 fully saturated rings. The van der Waals surface area contributed by atoms with Gasteiger partial charge < -0.3 is 10.1 Å². The summed E-state index contributed by atoms with van der Waals surface area (Å²) in [5.74, 6) is 1.80. The molecule has 6 nitrogen and oxygen atoms in total. The van der Waals surface area contributed by atoms with Crippen molar-refractivity contribution in [3.63, 3.8) is 0 Å². The van der Waals surface area contributed by atoms with E-state index in [1.54, 1.807) is 11.6 Å². The van der Waals surface area contributed by atoms with E-state index in [2.05, 4.69) is 34.2 Å². The van der Waals surface area contributed by atoms with E-state index >= 15 is 0 Å². The fraction of sp³-hybridized carbons (Fsp3) is 0.615. The van der Waals surface area contributed by atoms with Crippen LogP contribution in [0.25, 0.3) is 5.78 Å². The number of hydrogen-bond donors (Lipinski definition) is 1. The number of fused-ring (bicyclic) bond motifs is 1. The zero-order valence-corrected chi connectivity index (χ0v) is 13.0. The van der Waals surface area contributed by atoms with Crippen LogP contribution in [-0.4, -0.2) is 39.3 Å². The molecule has 0 aliphatic heterocycles. The van der Waals surface area contributed by atoms with Crippen molar-refractivity contribution in [1.82, 2.24) is 19.6 Å². The first-order valence-corrected chi connectivity index (χ1v) is 7.04. The molecule has 2 heterocycles. The Morgan fingerprint density at radius 2 is 2.15 bits per heavy atom. The van der Waals surface area contributed by atoms with Gasteiger partial charge >= 0.3 is 0 Å². The summed E-state index contributed by atoms with van der Waals surface area (Å²) >= 11 is 6.31. The van der Waals surface area contributed by atoms with E-state index in [9.17, 15) is 0 Å². The average molecular weight is 298 g/mol. The number of aromatic nitrogens is 4. The number of nitrogens with zero attached hydrogens (tertiary/aromatic N) is 4. The summed E-state index contributed by atoms with van der Waals surface area (Å²) < 4.78 is 6.85. The van der Waals surface area contributed by atoms with Crippen LogP contribution in [0.5, 0.6) is 0 Å². The third-order valence-electron chi connectivity index (χ3n) is 2.89. The second-order valence-corrected chi connectivity index (χ2v) is 5.66. The molecule has 0 aromatic carbocycles. The van der Waals surface area contributed by atoms with Crippen molar-refractivity contribution in [1.29, 1.82) is 0 Å². The first kappa shape index (κ1) is 15.0. The van der Waals surface area contributed by atoms with Gasteiger partial charge in [0.05, 0.1) is 6.61 Å². The molecule has 0 saturated heterocycles. The largest absolute Gasteiger partial charge is 0.383 e. The van der Waals surface area contributed by atoms with E-state index in [0.717, 1.165) is 17.8 Å². The number of methoxy groups -OCH3 is 1. The zero-order chi connectivity index (χ0) is 14.7. The zero-order valence-electron chi connectivity index (χ0n) is 12.2. The van der Waals surface area contributed by atoms with Gasteiger partial charge in [0.1, 0.15) is 17.3 Å². The van der Waals surface area contributed by atoms with Gasteiger partial charge in [0.2, 0.25) is 0 Å². The van der Waals surface area contributed by atoms with Crippen molar-refractivity contribution in [3.05, 3.63) is 17.0 Å². The Labute approximate surface area is 123 Å². The molecular formula is C13H20ClN5O. The minimum Gasteiger partial charge on any atom is -0.383 e. The first-order chi connectivity index (χ1) is 9.52. The quantitative estimate of drug-likeness (QED) is 0.830. The third-order valence-corrected chi connectivity index (χ3v) is 3.20. The molecule has 2 aromatic rings. The van der Waals surface area contributed by atoms with Crippen LogP contribution in [0.15, 0.2) is 6.33 Å². The highest BCUT2D eigenvalue weighted by Gasteiger charge is 2.18. The van der Waals surface area contributed by atoms with Crippen LogP contribution in [0.2, 0.25) is 5.15 Å². The lowest BCUT2D eigenvalue weighted by Crippen LogP contribution is -2.24. The van der Waals surface area contributed by atoms with E-state index in [4.69, 9.17) is 16.3 Å². The van der Waals surface area contributed by atoms with Crippen molar-refractivity contribution >= 4 is 23.2 Å². The molecule has 0 amide bonds. The average Bonchev–Trinajstić information content (AvgIpc) is 2.81. The number of nitrogens with one attached hydrogen (secondary N) is 1. The fourth-order valence-electron chi connectivity index (χ4n) is 2.11. The van der Waals surface area contributed by atoms with Crippen molar-refractivity contribution in [2.24, 2.45) is 5.92 Å². The summed E-state index contributed by atoms with van der Waals surface area (Å²) in [7, 11) is 1.68. The van der Waals surface area contributed by atoms with Crippen molar-refractivity contribution in [3.8, 4) is 0 Å². The summed E-state index contributed by atoms with van der Waals surface area (Å²) in [5.41, 5.74) is 0.961. The lowest BCUT2D eigenvalue weighted by molar-refractivity contribution is 0.190. The normalized spacial score (nSPS) is 13.1. The first-order valence-electron chi connectivity index (χ1n) is 6.66. The number of anilines is 1. The lowest BCUT2D eigenvalue weighted by Gasteiger charge is -2.19. The molecule has 0 spiro atoms. The summed E-state index contributed by atoms with van der Waals surface area (Å²) in [4.78, 5) is 8.38. The highest BCUT2D eigenvalue weighted by Crippen LogP contribution is 2.26. The van der Waals surface area contributed by atoms with Crippen LogP contribution in [0.3, 0.4) is 0 Å². The van der Waals surface area contributed by atoms with Gasteiger partial charge in [0.15, 0.2) is 0 Å². The molecule has 0 radical (unpaired) electrons. The second kappa shape index (κ2) is 6.37. The summed E-state index contributed by atoms with van der Waals surface area (Å²) in [6.45, 7) is 6.92. The minimum atomic E-state index is 0.136. The molecule has 1 atom stereocenters. The van der Waals surface area contributed by atoms with Gasteiger partial charge in [-0.25, -0.2) is 0 Å². The van der Waals surface area contributed by atoms with Crippen LogP contribution in [-0.2, 0) is 11.2 Å². The molecule has 1 N–H and O–H groups in total. The topological polar surface area (TPSA) is 64.3 Å². The highest BCUT2D eigenvalue weighted by molar-refractivity contribution is 6.30. The van der Waals surface area contributed by atoms with Gasteiger partial charge in [-0.05, 0) is 19.3 Å². The van der Waals surface area contributed by atoms with Crippen LogP contribution in [0, 0.1) is 5.92 Å². The van der Waals surface area contributed by atoms with Crippen LogP contribution >= 0.6 is 11.6 Å². The molecule has 110 valence electrons. The van der Waals surface area contributed by atoms with Crippen molar-refractivity contribution < 1.29 is 4.74 Å². The van der Waals surface area contributed by atoms with Crippen LogP contribution < -0.4 is 5.32 Å². The number of rotatable bonds is 6. The Kier molecular flexibility index (Phi) is 4.77. The third kappa shape index (κ3) is 3.19. The Morgan fingerprint density at radius 1 is 1.40 bits per heavy atom. The number of hydrogen-bond acceptors (Lipinski definition) is 5. The van der Waals surface area contributed by atoms with Crippen molar-refractivity contribution in [2.75, 3.05) is 19.0 Å². The van der Waals surface area contributed by atoms with Crippen LogP contribution in [0.1, 0.15) is 26.3 Å². The smallest absolute Gasteiger partial charge is 0.255 e. The maximum absolute atomic E-state index is 6.31. The van der Waals surface area contributed by atoms with Crippen molar-refractivity contribution in [2.45, 2.75) is 33.2 Å².